The summed E-state index contributed by atoms with van der Waals surface area (Å²) in [5, 5.41) is 9.90. The molecule has 32 heavy (non-hydrogen) atoms. The van der Waals surface area contributed by atoms with Crippen LogP contribution in [0.15, 0.2) is 12.7 Å². The maximum Gasteiger partial charge on any atom is 0.309 e. The van der Waals surface area contributed by atoms with Crippen LogP contribution in [0, 0.1) is 24.2 Å². The van der Waals surface area contributed by atoms with E-state index in [0.29, 0.717) is 0 Å². The molecule has 2 aromatic heterocycles. The number of ether oxygens (including phenoxy) is 3. The number of rotatable bonds is 10. The van der Waals surface area contributed by atoms with Crippen molar-refractivity contribution in [2.75, 3.05) is 18.9 Å². The van der Waals surface area contributed by atoms with Crippen molar-refractivity contribution in [2.24, 2.45) is 11.8 Å². The first-order chi connectivity index (χ1) is 15.0. The second kappa shape index (κ2) is 10.3. The molecule has 0 aliphatic heterocycles. The number of nitrogen functional groups attached to an aromatic ring is 1. The van der Waals surface area contributed by atoms with Crippen molar-refractivity contribution in [3.05, 3.63) is 12.7 Å². The smallest absolute Gasteiger partial charge is 0.309 e. The Balaban J connectivity index is 2.42. The van der Waals surface area contributed by atoms with E-state index in [2.05, 4.69) is 15.0 Å². The highest BCUT2D eigenvalue weighted by atomic mass is 19.2. The number of esters is 2. The Hall–Kier alpha value is -3.30. The number of anilines is 1. The summed E-state index contributed by atoms with van der Waals surface area (Å²) in [7, 11) is 0. The first-order valence-corrected chi connectivity index (χ1v) is 9.77. The topological polar surface area (TPSA) is 152 Å². The van der Waals surface area contributed by atoms with E-state index in [1.165, 1.54) is 24.7 Å². The number of aliphatic hydroxyl groups excluding tert-OH is 1. The van der Waals surface area contributed by atoms with Gasteiger partial charge in [0.05, 0.1) is 24.8 Å². The summed E-state index contributed by atoms with van der Waals surface area (Å²) in [6.45, 7) is 4.43. The molecule has 0 aliphatic rings. The van der Waals surface area contributed by atoms with Crippen molar-refractivity contribution < 1.29 is 33.3 Å². The van der Waals surface area contributed by atoms with Gasteiger partial charge in [0.15, 0.2) is 24.3 Å². The number of imidazole rings is 1. The van der Waals surface area contributed by atoms with Crippen LogP contribution < -0.4 is 5.73 Å². The number of carbonyl (C=O) groups excluding carboxylic acids is 2. The number of halogens is 1. The molecule has 3 atom stereocenters. The van der Waals surface area contributed by atoms with Crippen LogP contribution in [0.5, 0.6) is 0 Å². The first kappa shape index (κ1) is 25.0. The van der Waals surface area contributed by atoms with Gasteiger partial charge in [-0.25, -0.2) is 19.3 Å². The highest BCUT2D eigenvalue weighted by molar-refractivity contribution is 5.81. The van der Waals surface area contributed by atoms with E-state index < -0.39 is 55.2 Å². The van der Waals surface area contributed by atoms with Gasteiger partial charge in [-0.2, -0.15) is 0 Å². The van der Waals surface area contributed by atoms with Crippen molar-refractivity contribution in [1.82, 2.24) is 19.5 Å². The molecule has 11 nitrogen and oxygen atoms in total. The zero-order chi connectivity index (χ0) is 24.1. The number of fused-ring (bicyclic) bond motifs is 1. The van der Waals surface area contributed by atoms with Crippen molar-refractivity contribution in [3.8, 4) is 12.3 Å². The van der Waals surface area contributed by atoms with E-state index in [1.807, 2.05) is 5.92 Å². The molecular weight excluding hydrogens is 425 g/mol. The van der Waals surface area contributed by atoms with Crippen LogP contribution in [0.25, 0.3) is 11.2 Å². The molecule has 2 heterocycles. The third-order valence-electron chi connectivity index (χ3n) is 4.32. The van der Waals surface area contributed by atoms with Crippen molar-refractivity contribution >= 4 is 28.9 Å². The number of hydrogen-bond acceptors (Lipinski definition) is 10. The molecule has 0 saturated heterocycles. The number of aliphatic hydroxyl groups is 1. The molecule has 2 rings (SSSR count). The Bertz CT molecular complexity index is 1000. The fourth-order valence-electron chi connectivity index (χ4n) is 2.50. The largest absolute Gasteiger partial charge is 0.459 e. The van der Waals surface area contributed by atoms with Crippen LogP contribution in [-0.4, -0.2) is 61.7 Å². The number of carbonyl (C=O) groups is 2. The van der Waals surface area contributed by atoms with Gasteiger partial charge in [-0.15, -0.1) is 6.42 Å². The van der Waals surface area contributed by atoms with E-state index in [1.54, 1.807) is 13.8 Å². The van der Waals surface area contributed by atoms with Crippen LogP contribution >= 0.6 is 0 Å². The summed E-state index contributed by atoms with van der Waals surface area (Å²) in [6.07, 6.45) is 4.46. The van der Waals surface area contributed by atoms with Gasteiger partial charge in [-0.3, -0.25) is 14.2 Å². The molecule has 0 amide bonds. The normalized spacial score (nSPS) is 15.2. The Labute approximate surface area is 184 Å². The fourth-order valence-corrected chi connectivity index (χ4v) is 2.50. The average molecular weight is 451 g/mol. The first-order valence-electron chi connectivity index (χ1n) is 9.77. The molecule has 0 spiro atoms. The highest BCUT2D eigenvalue weighted by Gasteiger charge is 2.47. The predicted octanol–water partition coefficient (Wildman–Crippen LogP) is 0.982. The molecule has 3 N–H and O–H groups in total. The van der Waals surface area contributed by atoms with Crippen LogP contribution in [-0.2, 0) is 23.8 Å². The highest BCUT2D eigenvalue weighted by Crippen LogP contribution is 2.30. The Morgan fingerprint density at radius 3 is 2.47 bits per heavy atom. The molecule has 0 aromatic carbocycles. The van der Waals surface area contributed by atoms with E-state index in [-0.39, 0.29) is 17.0 Å². The van der Waals surface area contributed by atoms with Crippen LogP contribution in [0.1, 0.15) is 33.9 Å². The maximum atomic E-state index is 16.1. The minimum Gasteiger partial charge on any atom is -0.459 e. The monoisotopic (exact) mass is 451 g/mol. The van der Waals surface area contributed by atoms with Gasteiger partial charge in [0.2, 0.25) is 6.10 Å². The van der Waals surface area contributed by atoms with E-state index in [0.717, 1.165) is 6.33 Å². The quantitative estimate of drug-likeness (QED) is 0.395. The molecule has 0 fully saturated rings. The van der Waals surface area contributed by atoms with E-state index in [9.17, 15) is 14.7 Å². The number of nitrogens with two attached hydrogens (primary N) is 1. The van der Waals surface area contributed by atoms with Gasteiger partial charge < -0.3 is 25.1 Å². The molecule has 12 heteroatoms. The minimum absolute atomic E-state index is 0.0650. The molecule has 0 unspecified atom stereocenters. The zero-order valence-electron chi connectivity index (χ0n) is 18.2. The molecular formula is C20H26FN5O6. The summed E-state index contributed by atoms with van der Waals surface area (Å²) in [5.74, 6) is -3.62. The van der Waals surface area contributed by atoms with E-state index >= 15 is 4.39 Å². The molecule has 174 valence electrons. The van der Waals surface area contributed by atoms with Crippen LogP contribution in [0.4, 0.5) is 10.2 Å². The van der Waals surface area contributed by atoms with Gasteiger partial charge in [-0.05, 0) is 0 Å². The Morgan fingerprint density at radius 2 is 1.91 bits per heavy atom. The van der Waals surface area contributed by atoms with Gasteiger partial charge in [0.25, 0.3) is 5.85 Å². The third kappa shape index (κ3) is 5.49. The minimum atomic E-state index is -3.01. The summed E-state index contributed by atoms with van der Waals surface area (Å²) in [6, 6.07) is 0. The van der Waals surface area contributed by atoms with Gasteiger partial charge in [0, 0.05) is 0 Å². The van der Waals surface area contributed by atoms with Crippen LogP contribution in [0.2, 0.25) is 0 Å². The number of nitrogens with zero attached hydrogens (tertiary/aromatic N) is 4. The molecule has 0 radical (unpaired) electrons. The molecule has 0 aliphatic carbocycles. The number of alkyl halides is 1. The SMILES string of the molecule is C#C[C@H](OC(=O)C(C)C)[C@@](F)(COC(=O)C(C)C)O[C@H](CO)n1cnc2c(N)ncnc21. The predicted molar refractivity (Wildman–Crippen MR) is 110 cm³/mol. The van der Waals surface area contributed by atoms with Crippen molar-refractivity contribution in [1.29, 1.82) is 0 Å². The summed E-state index contributed by atoms with van der Waals surface area (Å²) in [4.78, 5) is 35.9. The van der Waals surface area contributed by atoms with Crippen molar-refractivity contribution in [3.63, 3.8) is 0 Å². The summed E-state index contributed by atoms with van der Waals surface area (Å²) < 4.78 is 32.8. The number of aromatic nitrogens is 4. The zero-order valence-corrected chi connectivity index (χ0v) is 18.2. The van der Waals surface area contributed by atoms with Crippen LogP contribution in [0.3, 0.4) is 0 Å². The summed E-state index contributed by atoms with van der Waals surface area (Å²) >= 11 is 0. The molecule has 2 aromatic rings. The number of hydrogen-bond donors (Lipinski definition) is 2. The van der Waals surface area contributed by atoms with Gasteiger partial charge in [-0.1, -0.05) is 33.6 Å². The van der Waals surface area contributed by atoms with E-state index in [4.69, 9.17) is 26.4 Å². The fraction of sp³-hybridized carbons (Fsp3) is 0.550. The average Bonchev–Trinajstić information content (AvgIpc) is 3.19. The lowest BCUT2D eigenvalue weighted by Crippen LogP contribution is -2.49. The lowest BCUT2D eigenvalue weighted by Gasteiger charge is -2.33. The lowest BCUT2D eigenvalue weighted by atomic mass is 10.1. The second-order valence-electron chi connectivity index (χ2n) is 7.52. The maximum absolute atomic E-state index is 16.1. The molecule has 0 bridgehead atoms. The van der Waals surface area contributed by atoms with Crippen molar-refractivity contribution in [2.45, 2.75) is 45.9 Å². The Morgan fingerprint density at radius 1 is 1.25 bits per heavy atom. The summed E-state index contributed by atoms with van der Waals surface area (Å²) in [5.41, 5.74) is 6.10. The lowest BCUT2D eigenvalue weighted by molar-refractivity contribution is -0.266. The second-order valence-corrected chi connectivity index (χ2v) is 7.52. The number of terminal acetylenes is 1. The standard InChI is InChI=1S/C20H26FN5O6/c1-6-13(31-19(29)12(4)5)20(21,8-30-18(28)11(2)3)32-14(7-27)26-10-25-15-16(22)23-9-24-17(15)26/h1,9-14,27H,7-8H2,2-5H3,(H2,22,23,24)/t13-,14+,20+/m0/s1. The Kier molecular flexibility index (Phi) is 8.07. The third-order valence-corrected chi connectivity index (χ3v) is 4.32. The van der Waals surface area contributed by atoms with Gasteiger partial charge in [0.1, 0.15) is 11.8 Å². The van der Waals surface area contributed by atoms with Gasteiger partial charge >= 0.3 is 11.9 Å². The molecule has 0 saturated carbocycles.